The number of rotatable bonds is 2. The molecule has 4 rings (SSSR count). The van der Waals surface area contributed by atoms with E-state index in [1.165, 1.54) is 6.42 Å². The molecule has 4 aliphatic rings. The highest BCUT2D eigenvalue weighted by Gasteiger charge is 2.59. The highest BCUT2D eigenvalue weighted by atomic mass is 16.7. The summed E-state index contributed by atoms with van der Waals surface area (Å²) in [7, 11) is 0. The first-order valence-electron chi connectivity index (χ1n) is 6.60. The van der Waals surface area contributed by atoms with E-state index in [9.17, 15) is 9.90 Å². The average Bonchev–Trinajstić information content (AvgIpc) is 2.25. The molecule has 94 valence electrons. The molecule has 0 amide bonds. The maximum Gasteiger partial charge on any atom is 0.335 e. The van der Waals surface area contributed by atoms with Gasteiger partial charge in [-0.25, -0.2) is 4.79 Å². The summed E-state index contributed by atoms with van der Waals surface area (Å²) in [6.45, 7) is 5.21. The second-order valence-electron chi connectivity index (χ2n) is 6.23. The van der Waals surface area contributed by atoms with Crippen molar-refractivity contribution in [3.8, 4) is 0 Å². The molecule has 4 fully saturated rings. The third kappa shape index (κ3) is 1.63. The second-order valence-corrected chi connectivity index (χ2v) is 6.23. The SMILES string of the molecule is C=C(C)C(=O)OC1(O)C2CC3CC(C2)CC1C3. The fraction of sp³-hybridized carbons (Fsp3) is 0.786. The molecule has 3 heteroatoms. The van der Waals surface area contributed by atoms with Crippen LogP contribution < -0.4 is 0 Å². The van der Waals surface area contributed by atoms with E-state index in [0.717, 1.165) is 37.5 Å². The van der Waals surface area contributed by atoms with Crippen LogP contribution in [0, 0.1) is 23.7 Å². The van der Waals surface area contributed by atoms with Crippen molar-refractivity contribution in [3.05, 3.63) is 12.2 Å². The number of esters is 1. The van der Waals surface area contributed by atoms with Crippen LogP contribution in [-0.2, 0) is 9.53 Å². The Hall–Kier alpha value is -0.830. The van der Waals surface area contributed by atoms with Crippen LogP contribution >= 0.6 is 0 Å². The van der Waals surface area contributed by atoms with Crippen LogP contribution in [0.1, 0.15) is 39.0 Å². The molecule has 0 unspecified atom stereocenters. The smallest absolute Gasteiger partial charge is 0.335 e. The van der Waals surface area contributed by atoms with E-state index in [1.54, 1.807) is 6.92 Å². The molecule has 0 saturated heterocycles. The highest BCUT2D eigenvalue weighted by Crippen LogP contribution is 2.58. The lowest BCUT2D eigenvalue weighted by Crippen LogP contribution is -2.59. The van der Waals surface area contributed by atoms with Gasteiger partial charge in [-0.05, 0) is 50.9 Å². The van der Waals surface area contributed by atoms with E-state index >= 15 is 0 Å². The monoisotopic (exact) mass is 236 g/mol. The standard InChI is InChI=1S/C14H20O3/c1-8(2)13(15)17-14(16)11-4-9-3-10(6-11)7-12(14)5-9/h9-12,16H,1,3-7H2,2H3. The number of hydrogen-bond acceptors (Lipinski definition) is 3. The summed E-state index contributed by atoms with van der Waals surface area (Å²) in [5.74, 6) is 0.162. The first-order chi connectivity index (χ1) is 7.99. The molecule has 0 heterocycles. The fourth-order valence-electron chi connectivity index (χ4n) is 4.26. The molecule has 4 bridgehead atoms. The van der Waals surface area contributed by atoms with Crippen molar-refractivity contribution in [3.63, 3.8) is 0 Å². The van der Waals surface area contributed by atoms with Crippen LogP contribution in [0.3, 0.4) is 0 Å². The number of carbonyl (C=O) groups is 1. The molecule has 0 aromatic carbocycles. The lowest BCUT2D eigenvalue weighted by molar-refractivity contribution is -0.300. The zero-order chi connectivity index (χ0) is 12.2. The molecule has 0 atom stereocenters. The van der Waals surface area contributed by atoms with Crippen LogP contribution in [0.5, 0.6) is 0 Å². The Morgan fingerprint density at radius 3 is 2.06 bits per heavy atom. The van der Waals surface area contributed by atoms with Crippen molar-refractivity contribution < 1.29 is 14.6 Å². The van der Waals surface area contributed by atoms with Crippen LogP contribution in [0.25, 0.3) is 0 Å². The zero-order valence-electron chi connectivity index (χ0n) is 10.3. The Morgan fingerprint density at radius 2 is 1.65 bits per heavy atom. The van der Waals surface area contributed by atoms with Gasteiger partial charge in [0.25, 0.3) is 0 Å². The third-order valence-electron chi connectivity index (χ3n) is 4.91. The summed E-state index contributed by atoms with van der Waals surface area (Å²) in [5, 5.41) is 10.7. The molecule has 4 aliphatic carbocycles. The first kappa shape index (κ1) is 11.3. The zero-order valence-corrected chi connectivity index (χ0v) is 10.3. The summed E-state index contributed by atoms with van der Waals surface area (Å²) in [4.78, 5) is 11.7. The minimum Gasteiger partial charge on any atom is -0.429 e. The average molecular weight is 236 g/mol. The molecule has 0 radical (unpaired) electrons. The third-order valence-corrected chi connectivity index (χ3v) is 4.91. The maximum atomic E-state index is 11.7. The minimum absolute atomic E-state index is 0.155. The van der Waals surface area contributed by atoms with Crippen molar-refractivity contribution in [2.45, 2.75) is 44.8 Å². The largest absolute Gasteiger partial charge is 0.429 e. The van der Waals surface area contributed by atoms with Crippen molar-refractivity contribution in [1.82, 2.24) is 0 Å². The Labute approximate surface area is 102 Å². The highest BCUT2D eigenvalue weighted by molar-refractivity contribution is 5.87. The molecule has 0 aliphatic heterocycles. The molecule has 3 nitrogen and oxygen atoms in total. The van der Waals surface area contributed by atoms with Gasteiger partial charge < -0.3 is 9.84 Å². The predicted molar refractivity (Wildman–Crippen MR) is 62.9 cm³/mol. The van der Waals surface area contributed by atoms with Gasteiger partial charge in [0.05, 0.1) is 0 Å². The molecule has 1 N–H and O–H groups in total. The summed E-state index contributed by atoms with van der Waals surface area (Å²) < 4.78 is 5.39. The molecule has 0 aromatic rings. The van der Waals surface area contributed by atoms with Crippen LogP contribution in [0.4, 0.5) is 0 Å². The summed E-state index contributed by atoms with van der Waals surface area (Å²) in [6.07, 6.45) is 5.40. The van der Waals surface area contributed by atoms with Gasteiger partial charge in [0.2, 0.25) is 5.79 Å². The van der Waals surface area contributed by atoms with Crippen molar-refractivity contribution >= 4 is 5.97 Å². The van der Waals surface area contributed by atoms with E-state index in [0.29, 0.717) is 5.57 Å². The van der Waals surface area contributed by atoms with E-state index in [-0.39, 0.29) is 11.8 Å². The molecule has 17 heavy (non-hydrogen) atoms. The minimum atomic E-state index is -1.20. The van der Waals surface area contributed by atoms with Gasteiger partial charge in [-0.15, -0.1) is 0 Å². The second kappa shape index (κ2) is 3.58. The lowest BCUT2D eigenvalue weighted by Gasteiger charge is -2.57. The van der Waals surface area contributed by atoms with Crippen LogP contribution in [0.15, 0.2) is 12.2 Å². The number of carbonyl (C=O) groups excluding carboxylic acids is 1. The number of aliphatic hydroxyl groups is 1. The van der Waals surface area contributed by atoms with E-state index < -0.39 is 11.8 Å². The predicted octanol–water partition coefficient (Wildman–Crippen LogP) is 2.25. The van der Waals surface area contributed by atoms with Crippen molar-refractivity contribution in [1.29, 1.82) is 0 Å². The molecular formula is C14H20O3. The Bertz CT molecular complexity index is 344. The fourth-order valence-corrected chi connectivity index (χ4v) is 4.26. The molecule has 0 spiro atoms. The Morgan fingerprint density at radius 1 is 1.18 bits per heavy atom. The quantitative estimate of drug-likeness (QED) is 0.454. The van der Waals surface area contributed by atoms with E-state index in [1.807, 2.05) is 0 Å². The molecular weight excluding hydrogens is 216 g/mol. The van der Waals surface area contributed by atoms with Crippen molar-refractivity contribution in [2.75, 3.05) is 0 Å². The Balaban J connectivity index is 1.82. The van der Waals surface area contributed by atoms with Crippen LogP contribution in [-0.4, -0.2) is 16.9 Å². The van der Waals surface area contributed by atoms with Gasteiger partial charge in [-0.3, -0.25) is 0 Å². The van der Waals surface area contributed by atoms with Gasteiger partial charge in [0, 0.05) is 17.4 Å². The number of hydrogen-bond donors (Lipinski definition) is 1. The van der Waals surface area contributed by atoms with Crippen molar-refractivity contribution in [2.24, 2.45) is 23.7 Å². The van der Waals surface area contributed by atoms with Gasteiger partial charge >= 0.3 is 5.97 Å². The molecule has 0 aromatic heterocycles. The van der Waals surface area contributed by atoms with E-state index in [4.69, 9.17) is 4.74 Å². The summed E-state index contributed by atoms with van der Waals surface area (Å²) in [5.41, 5.74) is 0.368. The summed E-state index contributed by atoms with van der Waals surface area (Å²) in [6, 6.07) is 0. The topological polar surface area (TPSA) is 46.5 Å². The first-order valence-corrected chi connectivity index (χ1v) is 6.60. The lowest BCUT2D eigenvalue weighted by atomic mass is 9.53. The van der Waals surface area contributed by atoms with Gasteiger partial charge in [-0.2, -0.15) is 0 Å². The normalized spacial score (nSPS) is 46.9. The van der Waals surface area contributed by atoms with E-state index in [2.05, 4.69) is 6.58 Å². The molecule has 4 saturated carbocycles. The Kier molecular flexibility index (Phi) is 2.37. The summed E-state index contributed by atoms with van der Waals surface area (Å²) >= 11 is 0. The number of ether oxygens (including phenoxy) is 1. The van der Waals surface area contributed by atoms with Gasteiger partial charge in [0.15, 0.2) is 0 Å². The van der Waals surface area contributed by atoms with Gasteiger partial charge in [0.1, 0.15) is 0 Å². The van der Waals surface area contributed by atoms with Crippen LogP contribution in [0.2, 0.25) is 0 Å². The maximum absolute atomic E-state index is 11.7. The van der Waals surface area contributed by atoms with Gasteiger partial charge in [-0.1, -0.05) is 6.58 Å².